The molecule has 1 aromatic rings. The molecule has 0 saturated carbocycles. The van der Waals surface area contributed by atoms with Crippen LogP contribution in [0.15, 0.2) is 12.1 Å². The number of carboxylic acids is 1. The first kappa shape index (κ1) is 13.4. The van der Waals surface area contributed by atoms with Crippen molar-refractivity contribution in [2.45, 2.75) is 19.4 Å². The van der Waals surface area contributed by atoms with E-state index in [0.717, 1.165) is 0 Å². The second kappa shape index (κ2) is 6.20. The summed E-state index contributed by atoms with van der Waals surface area (Å²) in [5.41, 5.74) is 0.679. The molecule has 0 radical (unpaired) electrons. The summed E-state index contributed by atoms with van der Waals surface area (Å²) in [5.74, 6) is -1.06. The molecule has 0 bridgehead atoms. The number of ether oxygens (including phenoxy) is 2. The van der Waals surface area contributed by atoms with Gasteiger partial charge in [0.05, 0.1) is 13.7 Å². The average molecular weight is 242 g/mol. The summed E-state index contributed by atoms with van der Waals surface area (Å²) in [6, 6.07) is 3.19. The van der Waals surface area contributed by atoms with E-state index in [1.807, 2.05) is 0 Å². The van der Waals surface area contributed by atoms with E-state index >= 15 is 0 Å². The molecule has 4 nitrogen and oxygen atoms in total. The number of aliphatic carboxylic acids is 1. The standard InChI is InChI=1S/C12H15FO4/c1-16-7-8-3-5-10(17-2)9(12(8)13)4-6-11(14)15/h3,5H,4,6-7H2,1-2H3,(H,14,15). The molecule has 0 heterocycles. The zero-order valence-corrected chi connectivity index (χ0v) is 9.83. The second-order valence-electron chi connectivity index (χ2n) is 3.55. The van der Waals surface area contributed by atoms with Gasteiger partial charge >= 0.3 is 5.97 Å². The Balaban J connectivity index is 3.03. The van der Waals surface area contributed by atoms with Crippen molar-refractivity contribution in [3.8, 4) is 5.75 Å². The Labute approximate surface area is 99.0 Å². The average Bonchev–Trinajstić information content (AvgIpc) is 2.30. The summed E-state index contributed by atoms with van der Waals surface area (Å²) >= 11 is 0. The molecule has 0 aliphatic rings. The predicted molar refractivity (Wildman–Crippen MR) is 59.6 cm³/mol. The van der Waals surface area contributed by atoms with Gasteiger partial charge < -0.3 is 14.6 Å². The number of methoxy groups -OCH3 is 2. The molecule has 1 N–H and O–H groups in total. The molecule has 0 fully saturated rings. The minimum absolute atomic E-state index is 0.0991. The fourth-order valence-electron chi connectivity index (χ4n) is 1.58. The Hall–Kier alpha value is -1.62. The Morgan fingerprint density at radius 3 is 2.65 bits per heavy atom. The van der Waals surface area contributed by atoms with Crippen LogP contribution in [0.25, 0.3) is 0 Å². The quantitative estimate of drug-likeness (QED) is 0.828. The summed E-state index contributed by atoms with van der Waals surface area (Å²) in [6.07, 6.45) is -0.0361. The fourth-order valence-corrected chi connectivity index (χ4v) is 1.58. The summed E-state index contributed by atoms with van der Waals surface area (Å²) < 4.78 is 23.9. The zero-order valence-electron chi connectivity index (χ0n) is 9.83. The van der Waals surface area contributed by atoms with Gasteiger partial charge in [0.1, 0.15) is 11.6 Å². The van der Waals surface area contributed by atoms with Crippen LogP contribution >= 0.6 is 0 Å². The summed E-state index contributed by atoms with van der Waals surface area (Å²) in [4.78, 5) is 10.5. The zero-order chi connectivity index (χ0) is 12.8. The van der Waals surface area contributed by atoms with E-state index in [1.54, 1.807) is 12.1 Å². The number of rotatable bonds is 6. The topological polar surface area (TPSA) is 55.8 Å². The highest BCUT2D eigenvalue weighted by Crippen LogP contribution is 2.26. The Bertz CT molecular complexity index is 404. The third kappa shape index (κ3) is 3.42. The maximum atomic E-state index is 14.0. The van der Waals surface area contributed by atoms with Crippen LogP contribution in [0.2, 0.25) is 0 Å². The summed E-state index contributed by atoms with van der Waals surface area (Å²) in [5, 5.41) is 8.61. The van der Waals surface area contributed by atoms with Gasteiger partial charge in [-0.3, -0.25) is 4.79 Å². The van der Waals surface area contributed by atoms with Gasteiger partial charge in [-0.2, -0.15) is 0 Å². The van der Waals surface area contributed by atoms with Crippen molar-refractivity contribution in [3.63, 3.8) is 0 Å². The highest BCUT2D eigenvalue weighted by atomic mass is 19.1. The van der Waals surface area contributed by atoms with E-state index in [9.17, 15) is 9.18 Å². The normalized spacial score (nSPS) is 10.3. The molecule has 0 aromatic heterocycles. The van der Waals surface area contributed by atoms with Crippen LogP contribution < -0.4 is 4.74 Å². The molecule has 0 unspecified atom stereocenters. The van der Waals surface area contributed by atoms with Crippen molar-refractivity contribution in [1.82, 2.24) is 0 Å². The Morgan fingerprint density at radius 2 is 2.12 bits per heavy atom. The van der Waals surface area contributed by atoms with Crippen LogP contribution in [0, 0.1) is 5.82 Å². The smallest absolute Gasteiger partial charge is 0.303 e. The van der Waals surface area contributed by atoms with Crippen molar-refractivity contribution >= 4 is 5.97 Å². The van der Waals surface area contributed by atoms with Gasteiger partial charge in [0.15, 0.2) is 0 Å². The minimum atomic E-state index is -0.969. The third-order valence-corrected chi connectivity index (χ3v) is 2.39. The highest BCUT2D eigenvalue weighted by molar-refractivity contribution is 5.67. The first-order chi connectivity index (χ1) is 8.10. The number of carbonyl (C=O) groups is 1. The van der Waals surface area contributed by atoms with Crippen molar-refractivity contribution in [1.29, 1.82) is 0 Å². The van der Waals surface area contributed by atoms with E-state index < -0.39 is 11.8 Å². The first-order valence-electron chi connectivity index (χ1n) is 5.15. The SMILES string of the molecule is COCc1ccc(OC)c(CCC(=O)O)c1F. The maximum Gasteiger partial charge on any atom is 0.303 e. The van der Waals surface area contributed by atoms with Gasteiger partial charge in [0, 0.05) is 24.7 Å². The molecular weight excluding hydrogens is 227 g/mol. The van der Waals surface area contributed by atoms with Gasteiger partial charge in [-0.25, -0.2) is 4.39 Å². The van der Waals surface area contributed by atoms with Gasteiger partial charge in [0.25, 0.3) is 0 Å². The van der Waals surface area contributed by atoms with E-state index in [1.165, 1.54) is 14.2 Å². The number of halogens is 1. The Morgan fingerprint density at radius 1 is 1.41 bits per heavy atom. The molecule has 0 aliphatic carbocycles. The lowest BCUT2D eigenvalue weighted by molar-refractivity contribution is -0.136. The van der Waals surface area contributed by atoms with Crippen molar-refractivity contribution in [2.75, 3.05) is 14.2 Å². The summed E-state index contributed by atoms with van der Waals surface area (Å²) in [6.45, 7) is 0.149. The first-order valence-corrected chi connectivity index (χ1v) is 5.15. The largest absolute Gasteiger partial charge is 0.496 e. The van der Waals surface area contributed by atoms with Crippen molar-refractivity contribution in [3.05, 3.63) is 29.1 Å². The van der Waals surface area contributed by atoms with Gasteiger partial charge in [0.2, 0.25) is 0 Å². The van der Waals surface area contributed by atoms with Crippen LogP contribution in [-0.2, 0) is 22.6 Å². The van der Waals surface area contributed by atoms with Gasteiger partial charge in [-0.1, -0.05) is 6.07 Å². The lowest BCUT2D eigenvalue weighted by Crippen LogP contribution is -2.05. The van der Waals surface area contributed by atoms with E-state index in [-0.39, 0.29) is 25.0 Å². The summed E-state index contributed by atoms with van der Waals surface area (Å²) in [7, 11) is 2.90. The predicted octanol–water partition coefficient (Wildman–Crippen LogP) is 2.00. The molecule has 17 heavy (non-hydrogen) atoms. The molecule has 0 spiro atoms. The number of hydrogen-bond donors (Lipinski definition) is 1. The maximum absolute atomic E-state index is 14.0. The van der Waals surface area contributed by atoms with E-state index in [4.69, 9.17) is 14.6 Å². The third-order valence-electron chi connectivity index (χ3n) is 2.39. The van der Waals surface area contributed by atoms with E-state index in [0.29, 0.717) is 11.3 Å². The fraction of sp³-hybridized carbons (Fsp3) is 0.417. The Kier molecular flexibility index (Phi) is 4.90. The van der Waals surface area contributed by atoms with Crippen LogP contribution in [0.5, 0.6) is 5.75 Å². The van der Waals surface area contributed by atoms with Crippen molar-refractivity contribution < 1.29 is 23.8 Å². The second-order valence-corrected chi connectivity index (χ2v) is 3.55. The molecule has 0 atom stereocenters. The lowest BCUT2D eigenvalue weighted by atomic mass is 10.0. The lowest BCUT2D eigenvalue weighted by Gasteiger charge is -2.12. The van der Waals surface area contributed by atoms with Crippen LogP contribution in [0.3, 0.4) is 0 Å². The number of hydrogen-bond acceptors (Lipinski definition) is 3. The highest BCUT2D eigenvalue weighted by Gasteiger charge is 2.15. The van der Waals surface area contributed by atoms with Crippen LogP contribution in [-0.4, -0.2) is 25.3 Å². The minimum Gasteiger partial charge on any atom is -0.496 e. The number of carboxylic acid groups (broad SMARTS) is 1. The molecule has 0 amide bonds. The van der Waals surface area contributed by atoms with Crippen LogP contribution in [0.1, 0.15) is 17.5 Å². The van der Waals surface area contributed by atoms with Crippen molar-refractivity contribution in [2.24, 2.45) is 0 Å². The molecule has 0 saturated heterocycles. The molecule has 1 rings (SSSR count). The van der Waals surface area contributed by atoms with Gasteiger partial charge in [-0.15, -0.1) is 0 Å². The molecular formula is C12H15FO4. The molecule has 1 aromatic carbocycles. The molecule has 5 heteroatoms. The number of benzene rings is 1. The van der Waals surface area contributed by atoms with E-state index in [2.05, 4.69) is 0 Å². The van der Waals surface area contributed by atoms with Gasteiger partial charge in [-0.05, 0) is 12.5 Å². The monoisotopic (exact) mass is 242 g/mol. The molecule has 0 aliphatic heterocycles. The molecule has 94 valence electrons. The van der Waals surface area contributed by atoms with Crippen LogP contribution in [0.4, 0.5) is 4.39 Å².